The summed E-state index contributed by atoms with van der Waals surface area (Å²) in [5.41, 5.74) is 3.28. The Balaban J connectivity index is 1.35. The number of nitrogens with zero attached hydrogens (tertiary/aromatic N) is 2. The first-order valence-electron chi connectivity index (χ1n) is 10.6. The van der Waals surface area contributed by atoms with Crippen molar-refractivity contribution < 1.29 is 14.3 Å². The third-order valence-corrected chi connectivity index (χ3v) is 6.28. The van der Waals surface area contributed by atoms with Gasteiger partial charge in [-0.3, -0.25) is 4.79 Å². The third-order valence-electron chi connectivity index (χ3n) is 6.28. The van der Waals surface area contributed by atoms with Crippen molar-refractivity contribution >= 4 is 17.7 Å². The van der Waals surface area contributed by atoms with Gasteiger partial charge in [0.15, 0.2) is 0 Å². The molecule has 5 nitrogen and oxygen atoms in total. The zero-order valence-corrected chi connectivity index (χ0v) is 17.2. The van der Waals surface area contributed by atoms with E-state index in [9.17, 15) is 9.59 Å². The van der Waals surface area contributed by atoms with Crippen LogP contribution >= 0.6 is 0 Å². The SMILES string of the molecule is O=C(OCc1ccccc1)N1CC[C@@]2(C1)C(=O)N(Cc1ccccc1)c1ccccc12. The summed E-state index contributed by atoms with van der Waals surface area (Å²) < 4.78 is 5.52. The fourth-order valence-corrected chi connectivity index (χ4v) is 4.69. The molecule has 0 saturated carbocycles. The first-order chi connectivity index (χ1) is 15.2. The molecule has 3 aromatic rings. The molecule has 1 spiro atoms. The summed E-state index contributed by atoms with van der Waals surface area (Å²) in [4.78, 5) is 29.9. The predicted molar refractivity (Wildman–Crippen MR) is 119 cm³/mol. The van der Waals surface area contributed by atoms with E-state index in [1.807, 2.05) is 89.8 Å². The second-order valence-electron chi connectivity index (χ2n) is 8.19. The summed E-state index contributed by atoms with van der Waals surface area (Å²) in [7, 11) is 0. The minimum absolute atomic E-state index is 0.0657. The Labute approximate surface area is 181 Å². The number of carbonyl (C=O) groups excluding carboxylic acids is 2. The lowest BCUT2D eigenvalue weighted by molar-refractivity contribution is -0.122. The molecule has 0 aliphatic carbocycles. The maximum Gasteiger partial charge on any atom is 0.410 e. The Morgan fingerprint density at radius 3 is 2.26 bits per heavy atom. The summed E-state index contributed by atoms with van der Waals surface area (Å²) in [5, 5.41) is 0. The number of hydrogen-bond donors (Lipinski definition) is 0. The lowest BCUT2D eigenvalue weighted by atomic mass is 9.81. The van der Waals surface area contributed by atoms with E-state index < -0.39 is 5.41 Å². The van der Waals surface area contributed by atoms with Gasteiger partial charge in [-0.25, -0.2) is 4.79 Å². The number of hydrogen-bond acceptors (Lipinski definition) is 3. The number of likely N-dealkylation sites (tertiary alicyclic amines) is 1. The van der Waals surface area contributed by atoms with Crippen molar-refractivity contribution in [1.29, 1.82) is 0 Å². The smallest absolute Gasteiger partial charge is 0.410 e. The van der Waals surface area contributed by atoms with Crippen LogP contribution in [-0.4, -0.2) is 30.0 Å². The third kappa shape index (κ3) is 3.46. The van der Waals surface area contributed by atoms with Gasteiger partial charge in [-0.15, -0.1) is 0 Å². The van der Waals surface area contributed by atoms with Crippen LogP contribution in [0.15, 0.2) is 84.9 Å². The summed E-state index contributed by atoms with van der Waals surface area (Å²) >= 11 is 0. The van der Waals surface area contributed by atoms with E-state index in [4.69, 9.17) is 4.74 Å². The zero-order chi connectivity index (χ0) is 21.3. The highest BCUT2D eigenvalue weighted by atomic mass is 16.6. The molecule has 2 heterocycles. The van der Waals surface area contributed by atoms with Crippen LogP contribution in [0.3, 0.4) is 0 Å². The first kappa shape index (κ1) is 19.4. The number of amides is 2. The predicted octanol–water partition coefficient (Wildman–Crippen LogP) is 4.51. The molecule has 3 aromatic carbocycles. The largest absolute Gasteiger partial charge is 0.445 e. The maximum atomic E-state index is 13.7. The van der Waals surface area contributed by atoms with E-state index in [0.29, 0.717) is 26.1 Å². The van der Waals surface area contributed by atoms with Crippen molar-refractivity contribution in [3.8, 4) is 0 Å². The Morgan fingerprint density at radius 2 is 1.52 bits per heavy atom. The summed E-state index contributed by atoms with van der Waals surface area (Å²) in [6.45, 7) is 1.61. The number of ether oxygens (including phenoxy) is 1. The molecular weight excluding hydrogens is 388 g/mol. The molecule has 5 rings (SSSR count). The van der Waals surface area contributed by atoms with Crippen LogP contribution in [0.5, 0.6) is 0 Å². The van der Waals surface area contributed by atoms with Crippen LogP contribution in [0.25, 0.3) is 0 Å². The average molecular weight is 412 g/mol. The van der Waals surface area contributed by atoms with Crippen LogP contribution in [0, 0.1) is 0 Å². The van der Waals surface area contributed by atoms with Gasteiger partial charge >= 0.3 is 6.09 Å². The van der Waals surface area contributed by atoms with Crippen molar-refractivity contribution in [3.05, 3.63) is 102 Å². The first-order valence-corrected chi connectivity index (χ1v) is 10.6. The van der Waals surface area contributed by atoms with E-state index in [1.54, 1.807) is 4.90 Å². The van der Waals surface area contributed by atoms with Crippen LogP contribution in [0.4, 0.5) is 10.5 Å². The number of para-hydroxylation sites is 1. The van der Waals surface area contributed by atoms with Gasteiger partial charge in [-0.05, 0) is 29.2 Å². The lowest BCUT2D eigenvalue weighted by Crippen LogP contribution is -2.43. The Kier molecular flexibility index (Phi) is 4.94. The van der Waals surface area contributed by atoms with Gasteiger partial charge in [0, 0.05) is 18.8 Å². The van der Waals surface area contributed by atoms with Crippen LogP contribution in [0.1, 0.15) is 23.1 Å². The molecule has 0 radical (unpaired) electrons. The van der Waals surface area contributed by atoms with Crippen molar-refractivity contribution in [2.24, 2.45) is 0 Å². The molecule has 1 fully saturated rings. The van der Waals surface area contributed by atoms with Crippen LogP contribution < -0.4 is 4.90 Å². The molecule has 2 amide bonds. The molecule has 1 saturated heterocycles. The highest BCUT2D eigenvalue weighted by molar-refractivity contribution is 6.08. The molecule has 0 unspecified atom stereocenters. The lowest BCUT2D eigenvalue weighted by Gasteiger charge is -2.24. The molecule has 31 heavy (non-hydrogen) atoms. The molecule has 0 aromatic heterocycles. The highest BCUT2D eigenvalue weighted by Gasteiger charge is 2.55. The van der Waals surface area contributed by atoms with E-state index in [2.05, 4.69) is 0 Å². The van der Waals surface area contributed by atoms with Crippen LogP contribution in [0.2, 0.25) is 0 Å². The summed E-state index contributed by atoms with van der Waals surface area (Å²) in [6, 6.07) is 27.6. The second-order valence-corrected chi connectivity index (χ2v) is 8.19. The normalized spacial score (nSPS) is 19.7. The second kappa shape index (κ2) is 7.91. The average Bonchev–Trinajstić information content (AvgIpc) is 3.37. The Morgan fingerprint density at radius 1 is 0.871 bits per heavy atom. The highest BCUT2D eigenvalue weighted by Crippen LogP contribution is 2.47. The quantitative estimate of drug-likeness (QED) is 0.633. The van der Waals surface area contributed by atoms with Crippen LogP contribution in [-0.2, 0) is 28.1 Å². The number of rotatable bonds is 4. The van der Waals surface area contributed by atoms with Gasteiger partial charge in [0.05, 0.1) is 12.0 Å². The van der Waals surface area contributed by atoms with Gasteiger partial charge in [0.2, 0.25) is 5.91 Å². The number of benzene rings is 3. The van der Waals surface area contributed by atoms with E-state index >= 15 is 0 Å². The van der Waals surface area contributed by atoms with Crippen molar-refractivity contribution in [2.45, 2.75) is 25.0 Å². The molecule has 2 aliphatic rings. The molecule has 1 atom stereocenters. The van der Waals surface area contributed by atoms with Gasteiger partial charge in [-0.2, -0.15) is 0 Å². The topological polar surface area (TPSA) is 49.9 Å². The Hall–Kier alpha value is -3.60. The fraction of sp³-hybridized carbons (Fsp3) is 0.231. The van der Waals surface area contributed by atoms with Crippen molar-refractivity contribution in [3.63, 3.8) is 0 Å². The Bertz CT molecular complexity index is 1100. The van der Waals surface area contributed by atoms with E-state index in [1.165, 1.54) is 0 Å². The summed E-state index contributed by atoms with van der Waals surface area (Å²) in [5.74, 6) is 0.0657. The van der Waals surface area contributed by atoms with E-state index in [0.717, 1.165) is 22.4 Å². The number of anilines is 1. The van der Waals surface area contributed by atoms with Gasteiger partial charge in [0.25, 0.3) is 0 Å². The van der Waals surface area contributed by atoms with Crippen molar-refractivity contribution in [2.75, 3.05) is 18.0 Å². The molecular formula is C26H24N2O3. The molecule has 0 N–H and O–H groups in total. The maximum absolute atomic E-state index is 13.7. The van der Waals surface area contributed by atoms with Gasteiger partial charge in [-0.1, -0.05) is 78.9 Å². The van der Waals surface area contributed by atoms with Gasteiger partial charge < -0.3 is 14.5 Å². The summed E-state index contributed by atoms with van der Waals surface area (Å²) in [6.07, 6.45) is 0.238. The van der Waals surface area contributed by atoms with E-state index in [-0.39, 0.29) is 18.6 Å². The molecule has 0 bridgehead atoms. The molecule has 5 heteroatoms. The number of carbonyl (C=O) groups is 2. The number of fused-ring (bicyclic) bond motifs is 2. The van der Waals surface area contributed by atoms with Gasteiger partial charge in [0.1, 0.15) is 6.61 Å². The molecule has 156 valence electrons. The zero-order valence-electron chi connectivity index (χ0n) is 17.2. The standard InChI is InChI=1S/C26H24N2O3/c29-24-26(15-16-27(19-26)25(30)31-18-21-11-5-2-6-12-21)22-13-7-8-14-23(22)28(24)17-20-9-3-1-4-10-20/h1-14H,15-19H2/t26-/m0/s1. The minimum atomic E-state index is -0.697. The fourth-order valence-electron chi connectivity index (χ4n) is 4.69. The minimum Gasteiger partial charge on any atom is -0.445 e. The van der Waals surface area contributed by atoms with Crippen molar-refractivity contribution in [1.82, 2.24) is 4.90 Å². The molecule has 2 aliphatic heterocycles. The monoisotopic (exact) mass is 412 g/mol.